The summed E-state index contributed by atoms with van der Waals surface area (Å²) >= 11 is 0. The Bertz CT molecular complexity index is 909. The predicted molar refractivity (Wildman–Crippen MR) is 128 cm³/mol. The van der Waals surface area contributed by atoms with Crippen molar-refractivity contribution in [3.63, 3.8) is 0 Å². The Hall–Kier alpha value is -2.16. The van der Waals surface area contributed by atoms with Crippen molar-refractivity contribution in [1.29, 1.82) is 0 Å². The highest BCUT2D eigenvalue weighted by Crippen LogP contribution is 2.23. The van der Waals surface area contributed by atoms with Gasteiger partial charge >= 0.3 is 0 Å². The number of hydrogen-bond acceptors (Lipinski definition) is 5. The van der Waals surface area contributed by atoms with Crippen molar-refractivity contribution in [3.05, 3.63) is 47.3 Å². The lowest BCUT2D eigenvalue weighted by Gasteiger charge is -2.15. The number of imidazole rings is 1. The van der Waals surface area contributed by atoms with E-state index in [2.05, 4.69) is 25.2 Å². The zero-order valence-electron chi connectivity index (χ0n) is 18.5. The molecular weight excluding hydrogens is 451 g/mol. The van der Waals surface area contributed by atoms with Gasteiger partial charge in [0.25, 0.3) is 11.8 Å². The van der Waals surface area contributed by atoms with Crippen molar-refractivity contribution >= 4 is 36.6 Å². The quantitative estimate of drug-likeness (QED) is 0.680. The minimum Gasteiger partial charge on any atom is -0.350 e. The molecule has 2 aromatic heterocycles. The van der Waals surface area contributed by atoms with Gasteiger partial charge in [-0.05, 0) is 44.2 Å². The number of pyridine rings is 1. The van der Waals surface area contributed by atoms with Crippen LogP contribution >= 0.6 is 24.8 Å². The molecule has 32 heavy (non-hydrogen) atoms. The Balaban J connectivity index is 0.00000181. The van der Waals surface area contributed by atoms with E-state index in [4.69, 9.17) is 0 Å². The van der Waals surface area contributed by atoms with E-state index in [0.29, 0.717) is 23.7 Å². The lowest BCUT2D eigenvalue weighted by Crippen LogP contribution is -2.30. The van der Waals surface area contributed by atoms with Crippen LogP contribution in [0.4, 0.5) is 0 Å². The van der Waals surface area contributed by atoms with E-state index in [0.717, 1.165) is 56.8 Å². The molecule has 2 aliphatic heterocycles. The minimum atomic E-state index is -0.0997. The second-order valence-corrected chi connectivity index (χ2v) is 8.56. The van der Waals surface area contributed by atoms with E-state index in [1.54, 1.807) is 6.20 Å². The van der Waals surface area contributed by atoms with E-state index in [9.17, 15) is 9.59 Å². The van der Waals surface area contributed by atoms with Crippen molar-refractivity contribution in [2.24, 2.45) is 5.92 Å². The number of rotatable bonds is 5. The fourth-order valence-corrected chi connectivity index (χ4v) is 4.22. The predicted octanol–water partition coefficient (Wildman–Crippen LogP) is 2.11. The Kier molecular flexibility index (Phi) is 9.48. The van der Waals surface area contributed by atoms with Gasteiger partial charge in [0.2, 0.25) is 0 Å². The summed E-state index contributed by atoms with van der Waals surface area (Å²) < 4.78 is 2.10. The van der Waals surface area contributed by atoms with E-state index in [-0.39, 0.29) is 42.7 Å². The van der Waals surface area contributed by atoms with Crippen molar-refractivity contribution in [3.8, 4) is 0 Å². The van der Waals surface area contributed by atoms with Crippen molar-refractivity contribution in [2.75, 3.05) is 26.2 Å². The summed E-state index contributed by atoms with van der Waals surface area (Å²) in [6.07, 6.45) is 7.93. The lowest BCUT2D eigenvalue weighted by atomic mass is 9.99. The topological polar surface area (TPSA) is 92.2 Å². The lowest BCUT2D eigenvalue weighted by molar-refractivity contribution is 0.0781. The molecule has 0 saturated carbocycles. The number of nitrogens with zero attached hydrogens (tertiary/aromatic N) is 4. The van der Waals surface area contributed by atoms with Crippen LogP contribution in [-0.2, 0) is 19.4 Å². The van der Waals surface area contributed by atoms with Crippen molar-refractivity contribution in [2.45, 2.75) is 45.7 Å². The van der Waals surface area contributed by atoms with Crippen molar-refractivity contribution in [1.82, 2.24) is 30.1 Å². The first-order valence-electron chi connectivity index (χ1n) is 10.8. The molecule has 1 atom stereocenters. The van der Waals surface area contributed by atoms with Crippen LogP contribution in [0.5, 0.6) is 0 Å². The largest absolute Gasteiger partial charge is 0.350 e. The molecule has 4 heterocycles. The summed E-state index contributed by atoms with van der Waals surface area (Å²) in [4.78, 5) is 35.9. The zero-order valence-corrected chi connectivity index (χ0v) is 20.2. The van der Waals surface area contributed by atoms with Gasteiger partial charge in [-0.2, -0.15) is 0 Å². The Morgan fingerprint density at radius 2 is 2.03 bits per heavy atom. The van der Waals surface area contributed by atoms with Crippen LogP contribution in [0.15, 0.2) is 24.7 Å². The maximum absolute atomic E-state index is 13.0. The maximum Gasteiger partial charge on any atom is 0.274 e. The summed E-state index contributed by atoms with van der Waals surface area (Å²) in [5.74, 6) is 1.28. The molecule has 2 amide bonds. The number of halogens is 2. The van der Waals surface area contributed by atoms with Gasteiger partial charge in [0.15, 0.2) is 0 Å². The summed E-state index contributed by atoms with van der Waals surface area (Å²) in [6, 6.07) is 2.00. The van der Waals surface area contributed by atoms with Crippen LogP contribution < -0.4 is 10.6 Å². The van der Waals surface area contributed by atoms with E-state index in [1.165, 1.54) is 0 Å². The minimum absolute atomic E-state index is 0. The number of carbonyl (C=O) groups excluding carboxylic acids is 2. The molecule has 0 radical (unpaired) electrons. The molecule has 1 fully saturated rings. The number of aromatic nitrogens is 3. The molecule has 0 aliphatic carbocycles. The molecule has 0 spiro atoms. The Labute approximate surface area is 201 Å². The third-order valence-corrected chi connectivity index (χ3v) is 5.71. The Morgan fingerprint density at radius 1 is 1.22 bits per heavy atom. The van der Waals surface area contributed by atoms with Crippen LogP contribution in [0, 0.1) is 5.92 Å². The molecule has 2 aliphatic rings. The summed E-state index contributed by atoms with van der Waals surface area (Å²) in [7, 11) is 0. The number of fused-ring (bicyclic) bond motifs is 1. The molecule has 2 N–H and O–H groups in total. The normalized spacial score (nSPS) is 17.7. The second kappa shape index (κ2) is 11.6. The van der Waals surface area contributed by atoms with E-state index in [1.807, 2.05) is 37.2 Å². The summed E-state index contributed by atoms with van der Waals surface area (Å²) in [5, 5.41) is 6.25. The number of amides is 2. The SMILES string of the molecule is CC(C)NC(=O)c1cncc(CC2CCN(C(=O)c3cn4c(n3)CCNCC4)C2)c1.Cl.Cl. The van der Waals surface area contributed by atoms with Gasteiger partial charge in [-0.3, -0.25) is 14.6 Å². The number of hydrogen-bond donors (Lipinski definition) is 2. The molecule has 2 aromatic rings. The molecule has 0 bridgehead atoms. The highest BCUT2D eigenvalue weighted by atomic mass is 35.5. The van der Waals surface area contributed by atoms with Gasteiger partial charge < -0.3 is 20.1 Å². The number of likely N-dealkylation sites (tertiary alicyclic amines) is 1. The third kappa shape index (κ3) is 6.21. The van der Waals surface area contributed by atoms with Gasteiger partial charge in [-0.1, -0.05) is 0 Å². The monoisotopic (exact) mass is 482 g/mol. The first-order valence-corrected chi connectivity index (χ1v) is 10.8. The second-order valence-electron chi connectivity index (χ2n) is 8.56. The molecule has 10 heteroatoms. The standard InChI is InChI=1S/C22H30N6O2.2ClH/c1-15(2)25-21(29)18-10-17(11-24-12-18)9-16-4-7-28(13-16)22(30)19-14-27-8-6-23-5-3-20(27)26-19;;/h10-12,14-16,23H,3-9,13H2,1-2H3,(H,25,29);2*1H. The van der Waals surface area contributed by atoms with E-state index < -0.39 is 0 Å². The Morgan fingerprint density at radius 3 is 2.81 bits per heavy atom. The molecule has 1 unspecified atom stereocenters. The first-order chi connectivity index (χ1) is 14.5. The van der Waals surface area contributed by atoms with Crippen LogP contribution in [0.25, 0.3) is 0 Å². The summed E-state index contributed by atoms with van der Waals surface area (Å²) in [5.41, 5.74) is 2.18. The molecule has 176 valence electrons. The average Bonchev–Trinajstić information content (AvgIpc) is 3.29. The molecule has 4 rings (SSSR count). The fourth-order valence-electron chi connectivity index (χ4n) is 4.22. The fraction of sp³-hybridized carbons (Fsp3) is 0.545. The molecule has 1 saturated heterocycles. The van der Waals surface area contributed by atoms with E-state index >= 15 is 0 Å². The van der Waals surface area contributed by atoms with Crippen molar-refractivity contribution < 1.29 is 9.59 Å². The average molecular weight is 483 g/mol. The van der Waals surface area contributed by atoms with Gasteiger partial charge in [-0.15, -0.1) is 24.8 Å². The molecule has 0 aromatic carbocycles. The molecule has 8 nitrogen and oxygen atoms in total. The zero-order chi connectivity index (χ0) is 21.1. The van der Waals surface area contributed by atoms with Gasteiger partial charge in [0.05, 0.1) is 5.56 Å². The third-order valence-electron chi connectivity index (χ3n) is 5.71. The number of carbonyl (C=O) groups is 2. The highest BCUT2D eigenvalue weighted by molar-refractivity contribution is 5.94. The van der Waals surface area contributed by atoms with Crippen LogP contribution in [0.3, 0.4) is 0 Å². The maximum atomic E-state index is 13.0. The molecular formula is C22H32Cl2N6O2. The number of nitrogens with one attached hydrogen (secondary N) is 2. The van der Waals surface area contributed by atoms with Gasteiger partial charge in [-0.25, -0.2) is 4.98 Å². The van der Waals surface area contributed by atoms with Gasteiger partial charge in [0, 0.05) is 63.8 Å². The van der Waals surface area contributed by atoms with Crippen LogP contribution in [0.1, 0.15) is 52.5 Å². The van der Waals surface area contributed by atoms with Crippen LogP contribution in [-0.4, -0.2) is 63.5 Å². The van der Waals surface area contributed by atoms with Crippen LogP contribution in [0.2, 0.25) is 0 Å². The first kappa shape index (κ1) is 26.1. The smallest absolute Gasteiger partial charge is 0.274 e. The van der Waals surface area contributed by atoms with Gasteiger partial charge in [0.1, 0.15) is 11.5 Å². The highest BCUT2D eigenvalue weighted by Gasteiger charge is 2.29. The summed E-state index contributed by atoms with van der Waals surface area (Å²) in [6.45, 7) is 8.00.